The topological polar surface area (TPSA) is 601 Å². The van der Waals surface area contributed by atoms with Gasteiger partial charge in [0, 0.05) is 201 Å². The number of carbonyl (C=O) groups is 14. The van der Waals surface area contributed by atoms with Gasteiger partial charge in [-0.15, -0.1) is 10.2 Å². The van der Waals surface area contributed by atoms with Crippen molar-refractivity contribution in [3.8, 4) is 45.0 Å². The maximum Gasteiger partial charge on any atom is 0.312 e. The number of Topliss-reactive ketones (excluding diaryl/α,β-unsaturated/α-hetero) is 6. The number of quaternary nitrogens is 1. The maximum absolute atomic E-state index is 14.3. The highest BCUT2D eigenvalue weighted by Crippen LogP contribution is 2.44. The number of anilines is 2. The fourth-order valence-corrected chi connectivity index (χ4v) is 18.0. The number of carbonyl (C=O) groups excluding carboxylic acids is 14. The largest absolute Gasteiger partial charge is 0.550 e. The number of primary amides is 5. The lowest BCUT2D eigenvalue weighted by atomic mass is 9.82. The number of aromatic nitrogens is 8. The molecule has 0 saturated heterocycles. The van der Waals surface area contributed by atoms with E-state index in [-0.39, 0.29) is 200 Å². The number of hydrogen-bond acceptors (Lipinski definition) is 23. The number of carboxylic acid groups (broad SMARTS) is 1. The number of carboxylic acids is 1. The van der Waals surface area contributed by atoms with Crippen molar-refractivity contribution in [2.75, 3.05) is 49.4 Å². The number of aliphatic hydroxyl groups is 3. The minimum atomic E-state index is -1.17. The number of unbranched alkanes of at least 4 members (excludes halogenated alkanes) is 2. The summed E-state index contributed by atoms with van der Waals surface area (Å²) in [5.74, 6) is -8.77. The molecule has 36 nitrogen and oxygen atoms in total. The number of aryl methyl sites for hydroxylation is 2. The molecule has 4 aromatic heterocycles. The number of nitrogens with one attached hydrogen (secondary N) is 3. The zero-order valence-electron chi connectivity index (χ0n) is 81.4. The quantitative estimate of drug-likeness (QED) is 0.0158. The first-order valence-electron chi connectivity index (χ1n) is 48.9. The Kier molecular flexibility index (Phi) is 42.0. The summed E-state index contributed by atoms with van der Waals surface area (Å²) in [5, 5.41) is 58.9. The number of rotatable bonds is 56. The molecular weight excluding hydrogens is 1820 g/mol. The Morgan fingerprint density at radius 1 is 0.451 bits per heavy atom. The van der Waals surface area contributed by atoms with Crippen molar-refractivity contribution in [1.29, 1.82) is 0 Å². The average molecular weight is 1950 g/mol. The summed E-state index contributed by atoms with van der Waals surface area (Å²) in [6.07, 6.45) is 9.02. The van der Waals surface area contributed by atoms with Gasteiger partial charge in [0.1, 0.15) is 65.9 Å². The molecule has 142 heavy (non-hydrogen) atoms. The summed E-state index contributed by atoms with van der Waals surface area (Å²) >= 11 is 0. The van der Waals surface area contributed by atoms with Crippen molar-refractivity contribution in [2.45, 2.75) is 220 Å². The van der Waals surface area contributed by atoms with Crippen LogP contribution >= 0.6 is 0 Å². The van der Waals surface area contributed by atoms with Gasteiger partial charge in [-0.1, -0.05) is 172 Å². The average Bonchev–Trinajstić information content (AvgIpc) is 1.54. The number of ether oxygens (including phenoxy) is 1. The number of hydrogen-bond donors (Lipinski definition) is 12. The molecular formula is C106H135N17O19. The van der Waals surface area contributed by atoms with E-state index in [2.05, 4.69) is 41.6 Å². The molecule has 0 aliphatic carbocycles. The summed E-state index contributed by atoms with van der Waals surface area (Å²) in [7, 11) is 0. The third-order valence-electron chi connectivity index (χ3n) is 26.8. The van der Waals surface area contributed by atoms with Crippen LogP contribution in [-0.2, 0) is 106 Å². The first-order valence-corrected chi connectivity index (χ1v) is 48.9. The van der Waals surface area contributed by atoms with E-state index in [0.717, 1.165) is 66.3 Å². The third-order valence-corrected chi connectivity index (χ3v) is 26.8. The molecule has 6 heterocycles. The summed E-state index contributed by atoms with van der Waals surface area (Å²) in [5.41, 5.74) is 43.2. The van der Waals surface area contributed by atoms with E-state index in [1.165, 1.54) is 0 Å². The van der Waals surface area contributed by atoms with Crippen LogP contribution in [0.25, 0.3) is 66.8 Å². The van der Waals surface area contributed by atoms with E-state index in [9.17, 15) is 72.2 Å². The lowest BCUT2D eigenvalue weighted by Crippen LogP contribution is -2.78. The summed E-state index contributed by atoms with van der Waals surface area (Å²) in [6.45, 7) is 8.69. The van der Waals surface area contributed by atoms with Gasteiger partial charge in [-0.05, 0) is 129 Å². The first-order chi connectivity index (χ1) is 68.1. The van der Waals surface area contributed by atoms with Gasteiger partial charge in [0.15, 0.2) is 5.54 Å². The number of urea groups is 1. The number of amides is 8. The number of fused-ring (bicyclic) bond motifs is 12. The van der Waals surface area contributed by atoms with Gasteiger partial charge in [-0.3, -0.25) is 57.5 Å². The number of ketones is 6. The summed E-state index contributed by atoms with van der Waals surface area (Å²) in [4.78, 5) is 189. The number of benzene rings is 6. The maximum atomic E-state index is 14.3. The number of aliphatic carboxylic acids is 1. The van der Waals surface area contributed by atoms with Crippen LogP contribution < -0.4 is 54.6 Å². The molecule has 12 rings (SSSR count). The second-order valence-corrected chi connectivity index (χ2v) is 37.5. The molecule has 19 N–H and O–H groups in total. The van der Waals surface area contributed by atoms with Crippen molar-refractivity contribution in [2.24, 2.45) is 76.0 Å². The zero-order chi connectivity index (χ0) is 103. The van der Waals surface area contributed by atoms with Gasteiger partial charge >= 0.3 is 6.03 Å². The Morgan fingerprint density at radius 3 is 1.30 bits per heavy atom. The molecule has 2 aliphatic rings. The predicted octanol–water partition coefficient (Wildman–Crippen LogP) is 9.08. The normalized spacial score (nSPS) is 13.5. The Balaban J connectivity index is 0.000000271. The third kappa shape index (κ3) is 31.0. The van der Waals surface area contributed by atoms with Crippen LogP contribution in [0.15, 0.2) is 158 Å². The number of nitrogens with two attached hydrogens (primary N) is 5. The predicted molar refractivity (Wildman–Crippen MR) is 532 cm³/mol. The highest BCUT2D eigenvalue weighted by atomic mass is 16.5. The molecule has 6 aromatic carbocycles. The number of nitrogens with zero attached hydrogens (tertiary/aromatic N) is 8. The van der Waals surface area contributed by atoms with Crippen molar-refractivity contribution in [3.05, 3.63) is 180 Å². The van der Waals surface area contributed by atoms with Crippen molar-refractivity contribution < 1.29 is 98.0 Å². The molecule has 7 atom stereocenters. The molecule has 0 saturated carbocycles. The van der Waals surface area contributed by atoms with E-state index < -0.39 is 70.8 Å². The lowest BCUT2D eigenvalue weighted by Gasteiger charge is -2.29. The molecule has 0 radical (unpaired) electrons. The Morgan fingerprint density at radius 2 is 0.866 bits per heavy atom. The van der Waals surface area contributed by atoms with Gasteiger partial charge in [-0.25, -0.2) is 14.2 Å². The van der Waals surface area contributed by atoms with Crippen molar-refractivity contribution in [1.82, 2.24) is 45.3 Å². The summed E-state index contributed by atoms with van der Waals surface area (Å²) < 4.78 is 9.17. The van der Waals surface area contributed by atoms with Crippen molar-refractivity contribution in [3.63, 3.8) is 0 Å². The van der Waals surface area contributed by atoms with Crippen LogP contribution in [-0.4, -0.2) is 183 Å². The molecule has 10 aromatic rings. The smallest absolute Gasteiger partial charge is 0.312 e. The Labute approximate surface area is 824 Å². The second-order valence-electron chi connectivity index (χ2n) is 37.5. The molecule has 0 spiro atoms. The monoisotopic (exact) mass is 1950 g/mol. The van der Waals surface area contributed by atoms with E-state index in [1.807, 2.05) is 186 Å². The van der Waals surface area contributed by atoms with E-state index in [1.54, 1.807) is 19.2 Å². The van der Waals surface area contributed by atoms with Gasteiger partial charge in [0.25, 0.3) is 0 Å². The fourth-order valence-electron chi connectivity index (χ4n) is 18.0. The van der Waals surface area contributed by atoms with Gasteiger partial charge in [-0.2, -0.15) is 0 Å². The molecule has 7 unspecified atom stereocenters. The van der Waals surface area contributed by atoms with E-state index >= 15 is 0 Å². The minimum Gasteiger partial charge on any atom is -0.550 e. The van der Waals surface area contributed by atoms with Crippen LogP contribution in [0.1, 0.15) is 198 Å². The molecule has 0 fully saturated rings. The van der Waals surface area contributed by atoms with Crippen molar-refractivity contribution >= 4 is 115 Å². The molecule has 8 amide bonds. The highest BCUT2D eigenvalue weighted by Gasteiger charge is 2.36. The Bertz CT molecular complexity index is 6040. The summed E-state index contributed by atoms with van der Waals surface area (Å²) in [6, 6.07) is 45.1. The SMILES string of the molecule is CC(C)C(C)C(=O)CC(CCCNC(N)=O)C(=O)CC(CCCCn1nnc2c1-c1ccccc1N(C(=O)CCC(=O)CC(Cc1c[nH]c3ccccc13)C(N)=O)Cc1ccccc1-2)C(N)=O.CCC(CCC(=O)[O-])C(=O)CCCOCCC(=O)CC(CCCCn1nnc2c1-c1ccccc1N(C(=O)CCC(=O)CC(Cc1c[nH]c3ccccc13)C(N)=O)Cc1ccccc1-2)C(N)=O.[NH3+]C(CO)(CO)CO. The molecule has 2 aliphatic heterocycles. The van der Waals surface area contributed by atoms with Crippen LogP contribution in [0.3, 0.4) is 0 Å². The van der Waals surface area contributed by atoms with Crippen LogP contribution in [0, 0.1) is 47.3 Å². The first kappa shape index (κ1) is 110. The van der Waals surface area contributed by atoms with Gasteiger partial charge in [0.05, 0.1) is 42.5 Å². The lowest BCUT2D eigenvalue weighted by molar-refractivity contribution is -0.494. The zero-order valence-corrected chi connectivity index (χ0v) is 81.4. The number of para-hydroxylation sites is 4. The number of H-pyrrole nitrogens is 2. The minimum absolute atomic E-state index is 0.00887. The standard InChI is InChI=1S/C51H63N9O7.C51H61N7O9.C4H11NO3/c1-31(2)32(3)44(62)27-33(15-12-23-55-51(54)67)45(63)28-34(49(52)65)13-10-11-24-60-48-41-18-7-9-20-43(41)59(30-35-14-4-5-17-40(35)47(48)57-58-60)46(64)22-21-38(61)26-36(50(53)66)25-37-29-56-42-19-8-6-16-39(37)42;1-2-33(20-23-47(63)64)45(61)19-11-26-67-27-24-39(60)29-34(50(52)65)12-9-10-25-58-49-42-16-6-8-18-44(42)57(32-35-13-3-4-15-41(35)48(49)55-56-58)46(62)22-21-38(59)30-36(51(53)66)28-37-31-54-43-17-7-5-14-40(37)43;5-4(1-6,2-7)3-8/h4-9,14,16-20,29,31-34,36,56H,10-13,15,21-28,30H2,1-3H3,(H2,52,65)(H2,53,66)(H3,54,55,67);3-8,13-18,31,33-34,36,54H,2,9-12,19-30,32H2,1H3,(H2,52,65)(H2,53,66)(H,63,64);6-8H,1-3,5H2. The highest BCUT2D eigenvalue weighted by molar-refractivity contribution is 6.04. The van der Waals surface area contributed by atoms with E-state index in [0.29, 0.717) is 124 Å². The molecule has 758 valence electrons. The van der Waals surface area contributed by atoms with Crippen LogP contribution in [0.4, 0.5) is 16.2 Å². The van der Waals surface area contributed by atoms with E-state index in [4.69, 9.17) is 48.7 Å². The van der Waals surface area contributed by atoms with Crippen LogP contribution in [0.5, 0.6) is 0 Å². The fraction of sp³-hybridized carbons (Fsp3) is 0.453. The number of aromatic amines is 2. The van der Waals surface area contributed by atoms with Gasteiger partial charge in [0.2, 0.25) is 35.4 Å². The Hall–Kier alpha value is -13.9. The molecule has 0 bridgehead atoms. The number of aliphatic hydroxyl groups excluding tert-OH is 3. The second kappa shape index (κ2) is 54.2. The van der Waals surface area contributed by atoms with Gasteiger partial charge < -0.3 is 89.4 Å². The van der Waals surface area contributed by atoms with Crippen LogP contribution in [0.2, 0.25) is 0 Å². The molecule has 36 heteroatoms.